The molecule has 2 heteroatoms. The second kappa shape index (κ2) is 3.71. The van der Waals surface area contributed by atoms with Crippen molar-refractivity contribution in [2.24, 2.45) is 0 Å². The van der Waals surface area contributed by atoms with Crippen LogP contribution < -0.4 is 4.72 Å². The predicted octanol–water partition coefficient (Wildman–Crippen LogP) is 2.48. The Morgan fingerprint density at radius 3 is 3.10 bits per heavy atom. The van der Waals surface area contributed by atoms with E-state index in [9.17, 15) is 0 Å². The lowest BCUT2D eigenvalue weighted by Gasteiger charge is -2.14. The maximum Gasteiger partial charge on any atom is 0.0426 e. The smallest absolute Gasteiger partial charge is 0.0426 e. The van der Waals surface area contributed by atoms with Gasteiger partial charge in [0, 0.05) is 11.4 Å². The van der Waals surface area contributed by atoms with Gasteiger partial charge in [0.25, 0.3) is 0 Å². The van der Waals surface area contributed by atoms with E-state index in [1.165, 1.54) is 23.4 Å². The summed E-state index contributed by atoms with van der Waals surface area (Å²) < 4.78 is 3.28. The zero-order chi connectivity index (χ0) is 7.40. The molecule has 1 heterocycles. The van der Waals surface area contributed by atoms with E-state index >= 15 is 0 Å². The van der Waals surface area contributed by atoms with Crippen LogP contribution in [0.25, 0.3) is 0 Å². The summed E-state index contributed by atoms with van der Waals surface area (Å²) in [5.74, 6) is 1.19. The molecule has 0 aromatic heterocycles. The van der Waals surface area contributed by atoms with Crippen LogP contribution in [0.3, 0.4) is 0 Å². The summed E-state index contributed by atoms with van der Waals surface area (Å²) in [5, 5.41) is 0. The first kappa shape index (κ1) is 7.73. The van der Waals surface area contributed by atoms with Crippen molar-refractivity contribution in [2.45, 2.75) is 20.3 Å². The molecule has 0 bridgehead atoms. The number of rotatable bonds is 1. The molecule has 0 unspecified atom stereocenters. The Kier molecular flexibility index (Phi) is 2.87. The summed E-state index contributed by atoms with van der Waals surface area (Å²) in [4.78, 5) is 0. The van der Waals surface area contributed by atoms with Crippen LogP contribution in [-0.4, -0.2) is 5.75 Å². The lowest BCUT2D eigenvalue weighted by molar-refractivity contribution is 1.08. The first-order valence-corrected chi connectivity index (χ1v) is 4.54. The molecule has 1 aliphatic heterocycles. The number of hydrogen-bond donors (Lipinski definition) is 1. The third-order valence-electron chi connectivity index (χ3n) is 1.61. The van der Waals surface area contributed by atoms with Crippen LogP contribution in [0.4, 0.5) is 0 Å². The molecular weight excluding hydrogens is 142 g/mol. The maximum absolute atomic E-state index is 3.28. The summed E-state index contributed by atoms with van der Waals surface area (Å²) in [7, 11) is 0. The van der Waals surface area contributed by atoms with E-state index in [1.54, 1.807) is 11.9 Å². The van der Waals surface area contributed by atoms with Gasteiger partial charge in [-0.3, -0.25) is 0 Å². The highest BCUT2D eigenvalue weighted by Gasteiger charge is 2.02. The Bertz CT molecular complexity index is 170. The fourth-order valence-corrected chi connectivity index (χ4v) is 1.57. The third-order valence-corrected chi connectivity index (χ3v) is 2.41. The van der Waals surface area contributed by atoms with E-state index in [0.29, 0.717) is 0 Å². The summed E-state index contributed by atoms with van der Waals surface area (Å²) in [6, 6.07) is 0. The molecule has 0 aromatic rings. The fourth-order valence-electron chi connectivity index (χ4n) is 0.830. The highest BCUT2D eigenvalue weighted by molar-refractivity contribution is 7.97. The molecule has 56 valence electrons. The van der Waals surface area contributed by atoms with Crippen molar-refractivity contribution < 1.29 is 0 Å². The second-order valence-electron chi connectivity index (χ2n) is 2.33. The zero-order valence-corrected chi connectivity index (χ0v) is 7.29. The molecule has 10 heavy (non-hydrogen) atoms. The maximum atomic E-state index is 3.28. The van der Waals surface area contributed by atoms with Gasteiger partial charge in [0.2, 0.25) is 0 Å². The molecule has 1 nitrogen and oxygen atoms in total. The normalized spacial score (nSPS) is 19.8. The second-order valence-corrected chi connectivity index (χ2v) is 3.23. The Balaban J connectivity index is 2.62. The minimum Gasteiger partial charge on any atom is -0.330 e. The van der Waals surface area contributed by atoms with E-state index in [4.69, 9.17) is 0 Å². The molecule has 0 spiro atoms. The van der Waals surface area contributed by atoms with Crippen molar-refractivity contribution in [3.05, 3.63) is 23.4 Å². The van der Waals surface area contributed by atoms with Crippen LogP contribution in [0.5, 0.6) is 0 Å². The molecule has 0 fully saturated rings. The third kappa shape index (κ3) is 1.81. The standard InChI is InChI=1S/C8H13NS/c1-3-7(2)8-5-4-6-10-9-8/h3,5,9H,4,6H2,1-2H3/b7-3+. The van der Waals surface area contributed by atoms with Gasteiger partial charge in [-0.2, -0.15) is 0 Å². The quantitative estimate of drug-likeness (QED) is 0.584. The molecule has 0 radical (unpaired) electrons. The Morgan fingerprint density at radius 1 is 1.80 bits per heavy atom. The summed E-state index contributed by atoms with van der Waals surface area (Å²) >= 11 is 1.79. The van der Waals surface area contributed by atoms with Gasteiger partial charge >= 0.3 is 0 Å². The average molecular weight is 155 g/mol. The van der Waals surface area contributed by atoms with E-state index < -0.39 is 0 Å². The van der Waals surface area contributed by atoms with Crippen molar-refractivity contribution in [3.63, 3.8) is 0 Å². The van der Waals surface area contributed by atoms with Crippen molar-refractivity contribution in [2.75, 3.05) is 5.75 Å². The predicted molar refractivity (Wildman–Crippen MR) is 47.7 cm³/mol. The molecule has 0 amide bonds. The molecule has 1 aliphatic rings. The molecule has 0 atom stereocenters. The van der Waals surface area contributed by atoms with E-state index in [-0.39, 0.29) is 0 Å². The van der Waals surface area contributed by atoms with Gasteiger partial charge in [-0.15, -0.1) is 0 Å². The fraction of sp³-hybridized carbons (Fsp3) is 0.500. The van der Waals surface area contributed by atoms with Gasteiger partial charge in [0.05, 0.1) is 0 Å². The van der Waals surface area contributed by atoms with Crippen molar-refractivity contribution in [3.8, 4) is 0 Å². The van der Waals surface area contributed by atoms with Crippen LogP contribution in [-0.2, 0) is 0 Å². The molecule has 0 saturated heterocycles. The van der Waals surface area contributed by atoms with Crippen LogP contribution >= 0.6 is 11.9 Å². The van der Waals surface area contributed by atoms with Crippen molar-refractivity contribution in [1.29, 1.82) is 0 Å². The number of nitrogens with one attached hydrogen (secondary N) is 1. The molecule has 0 aromatic carbocycles. The van der Waals surface area contributed by atoms with E-state index in [0.717, 1.165) is 0 Å². The lowest BCUT2D eigenvalue weighted by Crippen LogP contribution is -2.09. The van der Waals surface area contributed by atoms with Gasteiger partial charge in [0.1, 0.15) is 0 Å². The van der Waals surface area contributed by atoms with Crippen LogP contribution in [0, 0.1) is 0 Å². The SMILES string of the molecule is C/C=C(\C)C1=CCCSN1. The summed E-state index contributed by atoms with van der Waals surface area (Å²) in [5.41, 5.74) is 2.63. The van der Waals surface area contributed by atoms with Gasteiger partial charge < -0.3 is 4.72 Å². The average Bonchev–Trinajstić information content (AvgIpc) is 2.05. The largest absolute Gasteiger partial charge is 0.330 e. The first-order valence-electron chi connectivity index (χ1n) is 3.56. The molecule has 1 rings (SSSR count). The van der Waals surface area contributed by atoms with Crippen molar-refractivity contribution in [1.82, 2.24) is 4.72 Å². The van der Waals surface area contributed by atoms with E-state index in [1.807, 2.05) is 0 Å². The lowest BCUT2D eigenvalue weighted by atomic mass is 10.2. The zero-order valence-electron chi connectivity index (χ0n) is 6.48. The minimum absolute atomic E-state index is 1.19. The Labute approximate surface area is 66.7 Å². The van der Waals surface area contributed by atoms with Crippen molar-refractivity contribution >= 4 is 11.9 Å². The monoisotopic (exact) mass is 155 g/mol. The molecule has 0 saturated carbocycles. The topological polar surface area (TPSA) is 12.0 Å². The highest BCUT2D eigenvalue weighted by atomic mass is 32.2. The van der Waals surface area contributed by atoms with Crippen LogP contribution in [0.1, 0.15) is 20.3 Å². The first-order chi connectivity index (χ1) is 4.84. The van der Waals surface area contributed by atoms with Gasteiger partial charge in [0.15, 0.2) is 0 Å². The van der Waals surface area contributed by atoms with Crippen LogP contribution in [0.15, 0.2) is 23.4 Å². The molecule has 0 aliphatic carbocycles. The van der Waals surface area contributed by atoms with Gasteiger partial charge in [-0.1, -0.05) is 24.1 Å². The molecular formula is C8H13NS. The number of hydrogen-bond acceptors (Lipinski definition) is 2. The Hall–Kier alpha value is -0.370. The highest BCUT2D eigenvalue weighted by Crippen LogP contribution is 2.16. The van der Waals surface area contributed by atoms with Crippen LogP contribution in [0.2, 0.25) is 0 Å². The summed E-state index contributed by atoms with van der Waals surface area (Å²) in [6.07, 6.45) is 5.58. The Morgan fingerprint density at radius 2 is 2.60 bits per heavy atom. The van der Waals surface area contributed by atoms with Gasteiger partial charge in [-0.25, -0.2) is 0 Å². The van der Waals surface area contributed by atoms with E-state index in [2.05, 4.69) is 30.7 Å². The summed E-state index contributed by atoms with van der Waals surface area (Å²) in [6.45, 7) is 4.20. The minimum atomic E-state index is 1.19. The molecule has 1 N–H and O–H groups in total. The van der Waals surface area contributed by atoms with Gasteiger partial charge in [-0.05, 0) is 25.8 Å². The number of allylic oxidation sites excluding steroid dienone is 3.